The van der Waals surface area contributed by atoms with E-state index in [1.807, 2.05) is 60.5 Å². The quantitative estimate of drug-likeness (QED) is 0.779. The molecule has 22 heavy (non-hydrogen) atoms. The number of anilines is 2. The fraction of sp³-hybridized carbons (Fsp3) is 0.235. The van der Waals surface area contributed by atoms with Crippen LogP contribution in [0.15, 0.2) is 48.5 Å². The van der Waals surface area contributed by atoms with Crippen molar-refractivity contribution in [1.82, 2.24) is 0 Å². The van der Waals surface area contributed by atoms with Crippen LogP contribution in [0.5, 0.6) is 5.75 Å². The van der Waals surface area contributed by atoms with Gasteiger partial charge in [0.1, 0.15) is 5.75 Å². The van der Waals surface area contributed by atoms with Crippen LogP contribution in [0.25, 0.3) is 0 Å². The lowest BCUT2D eigenvalue weighted by atomic mass is 10.2. The van der Waals surface area contributed by atoms with E-state index in [9.17, 15) is 4.79 Å². The monoisotopic (exact) mass is 319 g/mol. The number of methoxy groups -OCH3 is 1. The topological polar surface area (TPSA) is 38.8 Å². The minimum absolute atomic E-state index is 0.401. The fourth-order valence-electron chi connectivity index (χ4n) is 1.98. The van der Waals surface area contributed by atoms with E-state index >= 15 is 0 Å². The third-order valence-corrected chi connectivity index (χ3v) is 3.54. The first kappa shape index (κ1) is 16.2. The molecule has 1 unspecified atom stereocenters. The van der Waals surface area contributed by atoms with Crippen molar-refractivity contribution in [2.45, 2.75) is 13.0 Å². The van der Waals surface area contributed by atoms with E-state index in [0.29, 0.717) is 10.8 Å². The number of carbonyl (C=O) groups is 1. The molecule has 0 heterocycles. The highest BCUT2D eigenvalue weighted by molar-refractivity contribution is 6.30. The van der Waals surface area contributed by atoms with Crippen molar-refractivity contribution in [3.63, 3.8) is 0 Å². The number of nitrogens with zero attached hydrogens (tertiary/aromatic N) is 1. The average Bonchev–Trinajstić information content (AvgIpc) is 2.54. The normalized spacial score (nSPS) is 11.6. The number of halogens is 1. The maximum atomic E-state index is 11.3. The van der Waals surface area contributed by atoms with Crippen molar-refractivity contribution in [3.8, 4) is 5.75 Å². The zero-order chi connectivity index (χ0) is 16.1. The van der Waals surface area contributed by atoms with Crippen LogP contribution in [0.2, 0.25) is 5.02 Å². The molecule has 0 N–H and O–H groups in total. The van der Waals surface area contributed by atoms with Gasteiger partial charge in [0.15, 0.2) is 6.10 Å². The molecule has 0 saturated heterocycles. The van der Waals surface area contributed by atoms with Gasteiger partial charge in [-0.15, -0.1) is 0 Å². The van der Waals surface area contributed by atoms with Crippen LogP contribution in [0.4, 0.5) is 11.4 Å². The second-order valence-electron chi connectivity index (χ2n) is 4.81. The van der Waals surface area contributed by atoms with Gasteiger partial charge in [-0.25, -0.2) is 4.79 Å². The lowest BCUT2D eigenvalue weighted by molar-refractivity contribution is -0.147. The summed E-state index contributed by atoms with van der Waals surface area (Å²) < 4.78 is 10.1. The highest BCUT2D eigenvalue weighted by Crippen LogP contribution is 2.26. The van der Waals surface area contributed by atoms with E-state index in [-0.39, 0.29) is 0 Å². The van der Waals surface area contributed by atoms with E-state index in [1.54, 1.807) is 6.92 Å². The van der Waals surface area contributed by atoms with Gasteiger partial charge in [-0.05, 0) is 55.5 Å². The van der Waals surface area contributed by atoms with Crippen LogP contribution >= 0.6 is 11.6 Å². The number of benzene rings is 2. The summed E-state index contributed by atoms with van der Waals surface area (Å²) in [6.07, 6.45) is -0.634. The van der Waals surface area contributed by atoms with E-state index in [0.717, 1.165) is 11.4 Å². The summed E-state index contributed by atoms with van der Waals surface area (Å²) in [4.78, 5) is 13.4. The van der Waals surface area contributed by atoms with E-state index in [4.69, 9.17) is 16.3 Å². The van der Waals surface area contributed by atoms with Crippen molar-refractivity contribution in [2.24, 2.45) is 0 Å². The molecule has 0 aliphatic rings. The molecule has 116 valence electrons. The summed E-state index contributed by atoms with van der Waals surface area (Å²) in [5.41, 5.74) is 2.03. The summed E-state index contributed by atoms with van der Waals surface area (Å²) in [6, 6.07) is 15.1. The second kappa shape index (κ2) is 7.18. The van der Waals surface area contributed by atoms with Gasteiger partial charge < -0.3 is 14.4 Å². The Morgan fingerprint density at radius 1 is 1.05 bits per heavy atom. The molecule has 2 rings (SSSR count). The molecule has 0 aliphatic carbocycles. The Kier molecular flexibility index (Phi) is 5.28. The second-order valence-corrected chi connectivity index (χ2v) is 5.25. The summed E-state index contributed by atoms with van der Waals surface area (Å²) in [6.45, 7) is 1.65. The predicted molar refractivity (Wildman–Crippen MR) is 88.1 cm³/mol. The van der Waals surface area contributed by atoms with Crippen LogP contribution in [0.1, 0.15) is 6.92 Å². The summed E-state index contributed by atoms with van der Waals surface area (Å²) in [5, 5.41) is 0.706. The van der Waals surface area contributed by atoms with Crippen molar-refractivity contribution in [3.05, 3.63) is 53.6 Å². The van der Waals surface area contributed by atoms with Gasteiger partial charge in [0, 0.05) is 23.4 Å². The van der Waals surface area contributed by atoms with Crippen molar-refractivity contribution in [2.75, 3.05) is 19.1 Å². The minimum atomic E-state index is -0.634. The van der Waals surface area contributed by atoms with Crippen molar-refractivity contribution in [1.29, 1.82) is 0 Å². The molecule has 2 aromatic carbocycles. The first-order valence-corrected chi connectivity index (χ1v) is 7.23. The molecule has 0 aliphatic heterocycles. The van der Waals surface area contributed by atoms with Gasteiger partial charge in [-0.2, -0.15) is 0 Å². The lowest BCUT2D eigenvalue weighted by Gasteiger charge is -2.20. The zero-order valence-electron chi connectivity index (χ0n) is 12.7. The van der Waals surface area contributed by atoms with Gasteiger partial charge in [-0.3, -0.25) is 0 Å². The Hall–Kier alpha value is -2.20. The van der Waals surface area contributed by atoms with E-state index < -0.39 is 12.1 Å². The number of carbonyl (C=O) groups excluding carboxylic acids is 1. The molecule has 4 nitrogen and oxygen atoms in total. The number of hydrogen-bond acceptors (Lipinski definition) is 4. The van der Waals surface area contributed by atoms with Crippen LogP contribution in [-0.4, -0.2) is 26.2 Å². The van der Waals surface area contributed by atoms with Crippen molar-refractivity contribution < 1.29 is 14.3 Å². The molecule has 0 spiro atoms. The SMILES string of the molecule is COC(=O)C(C)Oc1ccc(N(C)c2ccc(Cl)cc2)cc1. The molecule has 5 heteroatoms. The summed E-state index contributed by atoms with van der Waals surface area (Å²) in [7, 11) is 3.31. The van der Waals surface area contributed by atoms with Gasteiger partial charge in [0.25, 0.3) is 0 Å². The first-order valence-electron chi connectivity index (χ1n) is 6.85. The van der Waals surface area contributed by atoms with Gasteiger partial charge >= 0.3 is 5.97 Å². The summed E-state index contributed by atoms with van der Waals surface area (Å²) in [5.74, 6) is 0.216. The van der Waals surface area contributed by atoms with Gasteiger partial charge in [0.2, 0.25) is 0 Å². The third-order valence-electron chi connectivity index (χ3n) is 3.28. The Bertz CT molecular complexity index is 625. The maximum Gasteiger partial charge on any atom is 0.346 e. The standard InChI is InChI=1S/C17H18ClNO3/c1-12(17(20)21-3)22-16-10-8-15(9-11-16)19(2)14-6-4-13(18)5-7-14/h4-12H,1-3H3. The molecule has 0 amide bonds. The highest BCUT2D eigenvalue weighted by Gasteiger charge is 2.14. The van der Waals surface area contributed by atoms with Crippen molar-refractivity contribution >= 4 is 28.9 Å². The van der Waals surface area contributed by atoms with Crippen LogP contribution in [0.3, 0.4) is 0 Å². The van der Waals surface area contributed by atoms with Crippen LogP contribution in [0, 0.1) is 0 Å². The Morgan fingerprint density at radius 2 is 1.55 bits per heavy atom. The maximum absolute atomic E-state index is 11.3. The zero-order valence-corrected chi connectivity index (χ0v) is 13.5. The Morgan fingerprint density at radius 3 is 2.05 bits per heavy atom. The van der Waals surface area contributed by atoms with Gasteiger partial charge in [0.05, 0.1) is 7.11 Å². The molecule has 1 atom stereocenters. The largest absolute Gasteiger partial charge is 0.479 e. The number of hydrogen-bond donors (Lipinski definition) is 0. The van der Waals surface area contributed by atoms with E-state index in [2.05, 4.69) is 4.74 Å². The van der Waals surface area contributed by atoms with Gasteiger partial charge in [-0.1, -0.05) is 11.6 Å². The predicted octanol–water partition coefficient (Wildman–Crippen LogP) is 4.05. The molecular weight excluding hydrogens is 302 g/mol. The number of rotatable bonds is 5. The number of esters is 1. The third kappa shape index (κ3) is 3.92. The smallest absolute Gasteiger partial charge is 0.346 e. The van der Waals surface area contributed by atoms with E-state index in [1.165, 1.54) is 7.11 Å². The Labute approximate surface area is 135 Å². The lowest BCUT2D eigenvalue weighted by Crippen LogP contribution is -2.24. The minimum Gasteiger partial charge on any atom is -0.479 e. The Balaban J connectivity index is 2.08. The number of ether oxygens (including phenoxy) is 2. The highest BCUT2D eigenvalue weighted by atomic mass is 35.5. The fourth-order valence-corrected chi connectivity index (χ4v) is 2.11. The molecule has 0 aromatic heterocycles. The molecule has 0 fully saturated rings. The molecule has 2 aromatic rings. The molecule has 0 saturated carbocycles. The molecule has 0 radical (unpaired) electrons. The molecular formula is C17H18ClNO3. The summed E-state index contributed by atoms with van der Waals surface area (Å²) >= 11 is 5.90. The first-order chi connectivity index (χ1) is 10.5. The average molecular weight is 320 g/mol. The van der Waals surface area contributed by atoms with Crippen LogP contribution < -0.4 is 9.64 Å². The van der Waals surface area contributed by atoms with Crippen LogP contribution in [-0.2, 0) is 9.53 Å². The molecule has 0 bridgehead atoms.